The second-order valence-corrected chi connectivity index (χ2v) is 10.7. The highest BCUT2D eigenvalue weighted by molar-refractivity contribution is 5.24. The highest BCUT2D eigenvalue weighted by Gasteiger charge is 2.59. The normalized spacial score (nSPS) is 36.4. The standard InChI is InChI=1S/C28H48/c1-8-19(6)25-24-17-23(22(11-4)27(24)21(9-2)10-3)26(25)20(7)18-28(12-5)15-13-14-16-28/h21-27H,6-18H2,1-5H3. The molecule has 0 amide bonds. The van der Waals surface area contributed by atoms with Crippen LogP contribution in [-0.2, 0) is 0 Å². The molecule has 6 unspecified atom stereocenters. The van der Waals surface area contributed by atoms with Crippen LogP contribution < -0.4 is 0 Å². The van der Waals surface area contributed by atoms with E-state index >= 15 is 0 Å². The van der Waals surface area contributed by atoms with Gasteiger partial charge in [0.15, 0.2) is 0 Å². The van der Waals surface area contributed by atoms with Gasteiger partial charge in [-0.05, 0) is 78.9 Å². The average Bonchev–Trinajstić information content (AvgIpc) is 3.41. The Morgan fingerprint density at radius 2 is 1.50 bits per heavy atom. The number of hydrogen-bond donors (Lipinski definition) is 0. The van der Waals surface area contributed by atoms with Crippen molar-refractivity contribution in [2.75, 3.05) is 0 Å². The van der Waals surface area contributed by atoms with Gasteiger partial charge in [-0.25, -0.2) is 0 Å². The minimum Gasteiger partial charge on any atom is -0.0996 e. The molecule has 0 aromatic rings. The van der Waals surface area contributed by atoms with Crippen LogP contribution in [0, 0.1) is 46.8 Å². The summed E-state index contributed by atoms with van der Waals surface area (Å²) < 4.78 is 0. The Bertz CT molecular complexity index is 544. The fraction of sp³-hybridized carbons (Fsp3) is 0.857. The zero-order valence-corrected chi connectivity index (χ0v) is 19.7. The van der Waals surface area contributed by atoms with Gasteiger partial charge in [-0.1, -0.05) is 97.4 Å². The van der Waals surface area contributed by atoms with Gasteiger partial charge in [0.05, 0.1) is 0 Å². The van der Waals surface area contributed by atoms with Crippen LogP contribution in [-0.4, -0.2) is 0 Å². The molecule has 2 bridgehead atoms. The first-order valence-electron chi connectivity index (χ1n) is 12.8. The fourth-order valence-corrected chi connectivity index (χ4v) is 8.42. The zero-order valence-electron chi connectivity index (χ0n) is 19.7. The van der Waals surface area contributed by atoms with Crippen LogP contribution in [0.15, 0.2) is 24.3 Å². The Morgan fingerprint density at radius 1 is 0.893 bits per heavy atom. The van der Waals surface area contributed by atoms with Gasteiger partial charge >= 0.3 is 0 Å². The van der Waals surface area contributed by atoms with Crippen LogP contribution in [0.3, 0.4) is 0 Å². The van der Waals surface area contributed by atoms with E-state index in [2.05, 4.69) is 41.2 Å². The second kappa shape index (κ2) is 9.09. The van der Waals surface area contributed by atoms with E-state index in [4.69, 9.17) is 6.58 Å². The first kappa shape index (κ1) is 22.2. The van der Waals surface area contributed by atoms with E-state index in [0.717, 1.165) is 47.8 Å². The molecule has 0 radical (unpaired) electrons. The quantitative estimate of drug-likeness (QED) is 0.330. The lowest BCUT2D eigenvalue weighted by Gasteiger charge is -2.46. The summed E-state index contributed by atoms with van der Waals surface area (Å²) in [5.74, 6) is 6.01. The van der Waals surface area contributed by atoms with E-state index < -0.39 is 0 Å². The fourth-order valence-electron chi connectivity index (χ4n) is 8.42. The van der Waals surface area contributed by atoms with Crippen LogP contribution >= 0.6 is 0 Å². The molecule has 0 nitrogen and oxygen atoms in total. The van der Waals surface area contributed by atoms with Crippen molar-refractivity contribution in [3.05, 3.63) is 24.3 Å². The van der Waals surface area contributed by atoms with E-state index in [9.17, 15) is 0 Å². The maximum Gasteiger partial charge on any atom is -0.0106 e. The van der Waals surface area contributed by atoms with Crippen molar-refractivity contribution in [3.63, 3.8) is 0 Å². The predicted molar refractivity (Wildman–Crippen MR) is 124 cm³/mol. The molecule has 0 heteroatoms. The molecular formula is C28H48. The Morgan fingerprint density at radius 3 is 2.00 bits per heavy atom. The van der Waals surface area contributed by atoms with Gasteiger partial charge in [-0.2, -0.15) is 0 Å². The maximum absolute atomic E-state index is 4.82. The summed E-state index contributed by atoms with van der Waals surface area (Å²) in [7, 11) is 0. The van der Waals surface area contributed by atoms with Gasteiger partial charge in [0.2, 0.25) is 0 Å². The van der Waals surface area contributed by atoms with Crippen molar-refractivity contribution in [1.82, 2.24) is 0 Å². The third-order valence-electron chi connectivity index (χ3n) is 9.87. The first-order valence-corrected chi connectivity index (χ1v) is 12.8. The van der Waals surface area contributed by atoms with Crippen molar-refractivity contribution >= 4 is 0 Å². The second-order valence-electron chi connectivity index (χ2n) is 10.7. The SMILES string of the molecule is C=C(CC1(CC)CCCC1)C1C2CC(C1C(=C)CC)C(C(CC)CC)C2CC. The summed E-state index contributed by atoms with van der Waals surface area (Å²) >= 11 is 0. The molecule has 28 heavy (non-hydrogen) atoms. The molecule has 3 rings (SSSR count). The molecule has 0 N–H and O–H groups in total. The van der Waals surface area contributed by atoms with Gasteiger partial charge in [0.1, 0.15) is 0 Å². The van der Waals surface area contributed by atoms with Crippen molar-refractivity contribution in [1.29, 1.82) is 0 Å². The van der Waals surface area contributed by atoms with Crippen molar-refractivity contribution in [3.8, 4) is 0 Å². The molecule has 0 aromatic heterocycles. The monoisotopic (exact) mass is 384 g/mol. The van der Waals surface area contributed by atoms with Crippen LogP contribution in [0.25, 0.3) is 0 Å². The van der Waals surface area contributed by atoms with E-state index in [1.54, 1.807) is 11.1 Å². The van der Waals surface area contributed by atoms with Crippen LogP contribution in [0.4, 0.5) is 0 Å². The third-order valence-corrected chi connectivity index (χ3v) is 9.87. The minimum atomic E-state index is 0.577. The van der Waals surface area contributed by atoms with Crippen molar-refractivity contribution < 1.29 is 0 Å². The molecule has 160 valence electrons. The maximum atomic E-state index is 4.82. The van der Waals surface area contributed by atoms with Crippen LogP contribution in [0.2, 0.25) is 0 Å². The first-order chi connectivity index (χ1) is 13.5. The summed E-state index contributed by atoms with van der Waals surface area (Å²) in [5.41, 5.74) is 3.74. The number of rotatable bonds is 10. The molecule has 0 heterocycles. The smallest absolute Gasteiger partial charge is 0.0106 e. The van der Waals surface area contributed by atoms with Gasteiger partial charge in [0.25, 0.3) is 0 Å². The van der Waals surface area contributed by atoms with Crippen molar-refractivity contribution in [2.24, 2.45) is 46.8 Å². The summed E-state index contributed by atoms with van der Waals surface area (Å²) in [6.07, 6.45) is 15.1. The lowest BCUT2D eigenvalue weighted by atomic mass is 9.58. The molecule has 0 aliphatic heterocycles. The lowest BCUT2D eigenvalue weighted by molar-refractivity contribution is 0.0734. The third kappa shape index (κ3) is 3.67. The molecule has 0 aromatic carbocycles. The average molecular weight is 385 g/mol. The largest absolute Gasteiger partial charge is 0.0996 e. The molecule has 3 fully saturated rings. The van der Waals surface area contributed by atoms with Crippen molar-refractivity contribution in [2.45, 2.75) is 105 Å². The highest BCUT2D eigenvalue weighted by atomic mass is 14.6. The Kier molecular flexibility index (Phi) is 7.20. The summed E-state index contributed by atoms with van der Waals surface area (Å²) in [6.45, 7) is 21.5. The summed E-state index contributed by atoms with van der Waals surface area (Å²) in [4.78, 5) is 0. The Hall–Kier alpha value is -0.520. The summed E-state index contributed by atoms with van der Waals surface area (Å²) in [5, 5.41) is 0. The van der Waals surface area contributed by atoms with Gasteiger partial charge in [0, 0.05) is 0 Å². The molecule has 6 atom stereocenters. The molecular weight excluding hydrogens is 336 g/mol. The molecule has 3 aliphatic carbocycles. The van der Waals surface area contributed by atoms with Crippen LogP contribution in [0.1, 0.15) is 105 Å². The van der Waals surface area contributed by atoms with E-state index in [1.807, 2.05) is 0 Å². The van der Waals surface area contributed by atoms with E-state index in [-0.39, 0.29) is 0 Å². The Labute approximate surface area is 176 Å². The predicted octanol–water partition coefficient (Wildman–Crippen LogP) is 8.83. The summed E-state index contributed by atoms with van der Waals surface area (Å²) in [6, 6.07) is 0. The molecule has 3 saturated carbocycles. The van der Waals surface area contributed by atoms with Crippen LogP contribution in [0.5, 0.6) is 0 Å². The number of hydrogen-bond acceptors (Lipinski definition) is 0. The highest BCUT2D eigenvalue weighted by Crippen LogP contribution is 2.66. The topological polar surface area (TPSA) is 0 Å². The molecule has 0 spiro atoms. The van der Waals surface area contributed by atoms with E-state index in [0.29, 0.717) is 5.41 Å². The number of fused-ring (bicyclic) bond motifs is 2. The van der Waals surface area contributed by atoms with E-state index in [1.165, 1.54) is 64.2 Å². The molecule has 3 aliphatic rings. The zero-order chi connectivity index (χ0) is 20.5. The van der Waals surface area contributed by atoms with Gasteiger partial charge < -0.3 is 0 Å². The minimum absolute atomic E-state index is 0.577. The number of allylic oxidation sites excluding steroid dienone is 2. The Balaban J connectivity index is 1.88. The molecule has 0 saturated heterocycles. The van der Waals surface area contributed by atoms with Gasteiger partial charge in [-0.3, -0.25) is 0 Å². The lowest BCUT2D eigenvalue weighted by Crippen LogP contribution is -2.40. The van der Waals surface area contributed by atoms with Gasteiger partial charge in [-0.15, -0.1) is 0 Å².